The van der Waals surface area contributed by atoms with E-state index >= 15 is 0 Å². The van der Waals surface area contributed by atoms with Gasteiger partial charge in [0.15, 0.2) is 0 Å². The highest BCUT2D eigenvalue weighted by Gasteiger charge is 2.35. The lowest BCUT2D eigenvalue weighted by Crippen LogP contribution is -2.52. The van der Waals surface area contributed by atoms with Gasteiger partial charge in [-0.2, -0.15) is 11.8 Å². The number of amides is 2. The summed E-state index contributed by atoms with van der Waals surface area (Å²) in [6, 6.07) is 15.0. The molecule has 4 rings (SSSR count). The first-order valence-electron chi connectivity index (χ1n) is 12.1. The van der Waals surface area contributed by atoms with Gasteiger partial charge >= 0.3 is 12.1 Å². The van der Waals surface area contributed by atoms with Crippen LogP contribution in [0.25, 0.3) is 11.1 Å². The maximum atomic E-state index is 12.9. The van der Waals surface area contributed by atoms with E-state index in [1.54, 1.807) is 0 Å². The van der Waals surface area contributed by atoms with E-state index in [9.17, 15) is 19.5 Å². The number of benzene rings is 2. The summed E-state index contributed by atoms with van der Waals surface area (Å²) in [4.78, 5) is 37.3. The van der Waals surface area contributed by atoms with Gasteiger partial charge in [-0.25, -0.2) is 9.59 Å². The van der Waals surface area contributed by atoms with Gasteiger partial charge in [-0.3, -0.25) is 4.79 Å². The number of carbonyl (C=O) groups excluding carboxylic acids is 2. The number of nitrogens with one attached hydrogen (secondary N) is 2. The Hall–Kier alpha value is -3.00. The largest absolute Gasteiger partial charge is 0.480 e. The summed E-state index contributed by atoms with van der Waals surface area (Å²) >= 11 is 1.54. The number of carboxylic acids is 1. The number of rotatable bonds is 9. The van der Waals surface area contributed by atoms with E-state index in [1.807, 2.05) is 30.5 Å². The van der Waals surface area contributed by atoms with Crippen molar-refractivity contribution in [3.8, 4) is 11.1 Å². The summed E-state index contributed by atoms with van der Waals surface area (Å²) in [5.74, 6) is -1.22. The van der Waals surface area contributed by atoms with E-state index < -0.39 is 24.0 Å². The first kappa shape index (κ1) is 25.1. The third-order valence-corrected chi connectivity index (χ3v) is 7.62. The summed E-state index contributed by atoms with van der Waals surface area (Å²) in [6.07, 6.45) is 4.74. The van der Waals surface area contributed by atoms with Gasteiger partial charge in [0, 0.05) is 12.0 Å². The molecule has 0 aliphatic heterocycles. The van der Waals surface area contributed by atoms with Crippen molar-refractivity contribution in [1.82, 2.24) is 10.6 Å². The average molecular weight is 497 g/mol. The second-order valence-electron chi connectivity index (χ2n) is 9.15. The van der Waals surface area contributed by atoms with Crippen molar-refractivity contribution in [3.63, 3.8) is 0 Å². The Morgan fingerprint density at radius 3 is 2.29 bits per heavy atom. The van der Waals surface area contributed by atoms with Crippen molar-refractivity contribution in [2.75, 3.05) is 18.6 Å². The second kappa shape index (κ2) is 11.6. The number of alkyl carbamates (subject to hydrolysis) is 1. The molecule has 1 fully saturated rings. The third kappa shape index (κ3) is 5.81. The van der Waals surface area contributed by atoms with Crippen molar-refractivity contribution in [1.29, 1.82) is 0 Å². The molecule has 1 saturated carbocycles. The van der Waals surface area contributed by atoms with Gasteiger partial charge in [0.25, 0.3) is 0 Å². The Kier molecular flexibility index (Phi) is 8.33. The van der Waals surface area contributed by atoms with Crippen molar-refractivity contribution < 1.29 is 24.2 Å². The fourth-order valence-corrected chi connectivity index (χ4v) is 5.65. The molecule has 0 aromatic heterocycles. The molecule has 2 aliphatic carbocycles. The Morgan fingerprint density at radius 2 is 1.66 bits per heavy atom. The quantitative estimate of drug-likeness (QED) is 0.475. The standard InChI is InChI=1S/C27H32N2O5S/c1-35-15-14-24(26(31)32)28-25(30)21-12-6-7-13-23(21)29-27(33)34-16-22-19-10-4-2-8-17(19)18-9-3-5-11-20(18)22/h2-5,8-11,21-24H,6-7,12-16H2,1H3,(H,28,30)(H,29,33)(H,31,32)/t21-,23+,24+/m0/s1. The maximum absolute atomic E-state index is 12.9. The minimum absolute atomic E-state index is 0.0358. The number of carboxylic acid groups (broad SMARTS) is 1. The zero-order valence-electron chi connectivity index (χ0n) is 19.9. The van der Waals surface area contributed by atoms with E-state index in [0.717, 1.165) is 35.1 Å². The van der Waals surface area contributed by atoms with Gasteiger partial charge in [-0.1, -0.05) is 61.4 Å². The van der Waals surface area contributed by atoms with Crippen LogP contribution < -0.4 is 10.6 Å². The zero-order chi connectivity index (χ0) is 24.8. The minimum Gasteiger partial charge on any atom is -0.480 e. The lowest BCUT2D eigenvalue weighted by atomic mass is 9.83. The smallest absolute Gasteiger partial charge is 0.407 e. The summed E-state index contributed by atoms with van der Waals surface area (Å²) in [5, 5.41) is 15.0. The first-order valence-corrected chi connectivity index (χ1v) is 13.5. The van der Waals surface area contributed by atoms with E-state index in [2.05, 4.69) is 34.9 Å². The van der Waals surface area contributed by atoms with Crippen LogP contribution in [0.4, 0.5) is 4.79 Å². The van der Waals surface area contributed by atoms with Crippen LogP contribution in [0, 0.1) is 5.92 Å². The van der Waals surface area contributed by atoms with Crippen LogP contribution in [0.15, 0.2) is 48.5 Å². The van der Waals surface area contributed by atoms with Gasteiger partial charge in [-0.05, 0) is 53.5 Å². The van der Waals surface area contributed by atoms with Gasteiger partial charge in [0.05, 0.1) is 5.92 Å². The molecular formula is C27H32N2O5S. The molecule has 3 atom stereocenters. The SMILES string of the molecule is CSCC[C@@H](NC(=O)[C@H]1CCCC[C@H]1NC(=O)OCC1c2ccccc2-c2ccccc21)C(=O)O. The number of fused-ring (bicyclic) bond motifs is 3. The van der Waals surface area contributed by atoms with Crippen molar-refractivity contribution >= 4 is 29.7 Å². The summed E-state index contributed by atoms with van der Waals surface area (Å²) in [5.41, 5.74) is 4.61. The molecule has 0 heterocycles. The normalized spacial score (nSPS) is 19.8. The number of carbonyl (C=O) groups is 3. The number of thioether (sulfide) groups is 1. The van der Waals surface area contributed by atoms with Crippen LogP contribution in [0.5, 0.6) is 0 Å². The highest BCUT2D eigenvalue weighted by atomic mass is 32.2. The number of hydrogen-bond donors (Lipinski definition) is 3. The van der Waals surface area contributed by atoms with Crippen LogP contribution in [0.3, 0.4) is 0 Å². The van der Waals surface area contributed by atoms with Crippen LogP contribution in [0.2, 0.25) is 0 Å². The number of aliphatic carboxylic acids is 1. The molecule has 3 N–H and O–H groups in total. The second-order valence-corrected chi connectivity index (χ2v) is 10.1. The number of hydrogen-bond acceptors (Lipinski definition) is 5. The van der Waals surface area contributed by atoms with Crippen molar-refractivity contribution in [3.05, 3.63) is 59.7 Å². The maximum Gasteiger partial charge on any atom is 0.407 e. The molecule has 7 nitrogen and oxygen atoms in total. The first-order chi connectivity index (χ1) is 17.0. The third-order valence-electron chi connectivity index (χ3n) is 6.97. The molecule has 0 radical (unpaired) electrons. The molecule has 186 valence electrons. The topological polar surface area (TPSA) is 105 Å². The Balaban J connectivity index is 1.37. The molecule has 8 heteroatoms. The van der Waals surface area contributed by atoms with Crippen LogP contribution >= 0.6 is 11.8 Å². The molecule has 0 saturated heterocycles. The predicted molar refractivity (Wildman–Crippen MR) is 137 cm³/mol. The molecular weight excluding hydrogens is 464 g/mol. The van der Waals surface area contributed by atoms with Crippen LogP contribution in [-0.4, -0.2) is 53.8 Å². The molecule has 0 bridgehead atoms. The highest BCUT2D eigenvalue weighted by Crippen LogP contribution is 2.44. The van der Waals surface area contributed by atoms with Crippen molar-refractivity contribution in [2.24, 2.45) is 5.92 Å². The molecule has 2 aromatic carbocycles. The van der Waals surface area contributed by atoms with Crippen LogP contribution in [0.1, 0.15) is 49.1 Å². The van der Waals surface area contributed by atoms with Crippen LogP contribution in [-0.2, 0) is 14.3 Å². The van der Waals surface area contributed by atoms with Gasteiger partial charge in [0.2, 0.25) is 5.91 Å². The van der Waals surface area contributed by atoms with E-state index in [4.69, 9.17) is 4.74 Å². The van der Waals surface area contributed by atoms with Gasteiger partial charge in [0.1, 0.15) is 12.6 Å². The fourth-order valence-electron chi connectivity index (χ4n) is 5.18. The van der Waals surface area contributed by atoms with E-state index in [1.165, 1.54) is 11.8 Å². The lowest BCUT2D eigenvalue weighted by molar-refractivity contribution is -0.142. The monoisotopic (exact) mass is 496 g/mol. The Labute approximate surface area is 210 Å². The Morgan fingerprint density at radius 1 is 1.03 bits per heavy atom. The molecule has 2 aliphatic rings. The summed E-state index contributed by atoms with van der Waals surface area (Å²) in [6.45, 7) is 0.208. The summed E-state index contributed by atoms with van der Waals surface area (Å²) < 4.78 is 5.66. The molecule has 35 heavy (non-hydrogen) atoms. The lowest BCUT2D eigenvalue weighted by Gasteiger charge is -2.31. The molecule has 0 unspecified atom stereocenters. The zero-order valence-corrected chi connectivity index (χ0v) is 20.7. The average Bonchev–Trinajstić information content (AvgIpc) is 3.19. The highest BCUT2D eigenvalue weighted by molar-refractivity contribution is 7.98. The predicted octanol–water partition coefficient (Wildman–Crippen LogP) is 4.41. The Bertz CT molecular complexity index is 1030. The fraction of sp³-hybridized carbons (Fsp3) is 0.444. The summed E-state index contributed by atoms with van der Waals surface area (Å²) in [7, 11) is 0. The molecule has 0 spiro atoms. The van der Waals surface area contributed by atoms with Gasteiger partial charge < -0.3 is 20.5 Å². The molecule has 2 amide bonds. The number of ether oxygens (including phenoxy) is 1. The van der Waals surface area contributed by atoms with Gasteiger partial charge in [-0.15, -0.1) is 0 Å². The van der Waals surface area contributed by atoms with E-state index in [0.29, 0.717) is 25.0 Å². The molecule has 2 aromatic rings. The minimum atomic E-state index is -1.04. The van der Waals surface area contributed by atoms with E-state index in [-0.39, 0.29) is 24.5 Å². The van der Waals surface area contributed by atoms with Crippen molar-refractivity contribution in [2.45, 2.75) is 50.1 Å².